The number of nitro groups is 1. The lowest BCUT2D eigenvalue weighted by Gasteiger charge is -2.23. The van der Waals surface area contributed by atoms with Gasteiger partial charge < -0.3 is 0 Å². The van der Waals surface area contributed by atoms with E-state index in [1.807, 2.05) is 0 Å². The molecule has 0 amide bonds. The van der Waals surface area contributed by atoms with Crippen molar-refractivity contribution in [2.45, 2.75) is 17.9 Å². The number of alkyl halides is 5. The minimum absolute atomic E-state index is 2.00. The first kappa shape index (κ1) is 11.3. The topological polar surface area (TPSA) is 92.6 Å². The molecule has 0 saturated heterocycles. The Morgan fingerprint density at radius 3 is 1.73 bits per heavy atom. The molecule has 1 aliphatic rings. The molecule has 84 valence electrons. The fourth-order valence-corrected chi connectivity index (χ4v) is 0.688. The maximum absolute atomic E-state index is 12.7. The van der Waals surface area contributed by atoms with Gasteiger partial charge in [-0.2, -0.15) is 22.0 Å². The Kier molecular flexibility index (Phi) is 2.17. The summed E-state index contributed by atoms with van der Waals surface area (Å²) in [6.07, 6.45) is -6.18. The highest BCUT2D eigenvalue weighted by Crippen LogP contribution is 2.47. The summed E-state index contributed by atoms with van der Waals surface area (Å²) in [7, 11) is 0. The maximum atomic E-state index is 12.7. The molecule has 0 spiro atoms. The molecule has 0 atom stereocenters. The molecule has 15 heavy (non-hydrogen) atoms. The van der Waals surface area contributed by atoms with Crippen molar-refractivity contribution in [3.05, 3.63) is 10.1 Å². The van der Waals surface area contributed by atoms with Crippen molar-refractivity contribution in [3.8, 4) is 0 Å². The van der Waals surface area contributed by atoms with Gasteiger partial charge in [0, 0.05) is 0 Å². The molecule has 7 nitrogen and oxygen atoms in total. The van der Waals surface area contributed by atoms with Crippen LogP contribution >= 0.6 is 0 Å². The standard InChI is InChI=1S/C3F5N5O2/c4-1(5,2(6,7)8)3(13(14)15)9-11-12-10-3. The molecular weight excluding hydrogens is 233 g/mol. The molecule has 0 bridgehead atoms. The normalized spacial score (nSPS) is 19.5. The predicted molar refractivity (Wildman–Crippen MR) is 30.4 cm³/mol. The Morgan fingerprint density at radius 2 is 1.47 bits per heavy atom. The summed E-state index contributed by atoms with van der Waals surface area (Å²) >= 11 is 0. The van der Waals surface area contributed by atoms with Crippen molar-refractivity contribution >= 4 is 0 Å². The van der Waals surface area contributed by atoms with Gasteiger partial charge in [-0.25, -0.2) is 0 Å². The highest BCUT2D eigenvalue weighted by Gasteiger charge is 2.82. The molecule has 0 aromatic rings. The van der Waals surface area contributed by atoms with E-state index in [-0.39, 0.29) is 0 Å². The van der Waals surface area contributed by atoms with Crippen molar-refractivity contribution in [1.29, 1.82) is 0 Å². The van der Waals surface area contributed by atoms with Gasteiger partial charge in [0.05, 0.1) is 4.92 Å². The first-order valence-electron chi connectivity index (χ1n) is 3.08. The molecule has 0 radical (unpaired) electrons. The highest BCUT2D eigenvalue weighted by atomic mass is 19.4. The van der Waals surface area contributed by atoms with Gasteiger partial charge in [0.25, 0.3) is 0 Å². The molecule has 0 saturated carbocycles. The van der Waals surface area contributed by atoms with Gasteiger partial charge in [0.1, 0.15) is 0 Å². The number of rotatable bonds is 2. The molecule has 1 heterocycles. The van der Waals surface area contributed by atoms with Crippen molar-refractivity contribution in [3.63, 3.8) is 0 Å². The SMILES string of the molecule is O=[N+]([O-])C1(C(F)(F)C(F)(F)F)N=NN=N1. The molecule has 0 aromatic carbocycles. The van der Waals surface area contributed by atoms with Crippen LogP contribution in [-0.4, -0.2) is 22.8 Å². The van der Waals surface area contributed by atoms with E-state index in [2.05, 4.69) is 20.7 Å². The van der Waals surface area contributed by atoms with E-state index in [4.69, 9.17) is 0 Å². The summed E-state index contributed by atoms with van der Waals surface area (Å²) in [5.41, 5.74) is 0. The van der Waals surface area contributed by atoms with Crippen molar-refractivity contribution < 1.29 is 26.9 Å². The average molecular weight is 233 g/mol. The maximum Gasteiger partial charge on any atom is 0.521 e. The molecule has 0 fully saturated rings. The van der Waals surface area contributed by atoms with Crippen LogP contribution in [0.1, 0.15) is 0 Å². The van der Waals surface area contributed by atoms with Gasteiger partial charge >= 0.3 is 17.9 Å². The number of hydrogen-bond donors (Lipinski definition) is 0. The summed E-state index contributed by atoms with van der Waals surface area (Å²) in [5, 5.41) is 19.0. The molecule has 1 rings (SSSR count). The van der Waals surface area contributed by atoms with Gasteiger partial charge in [-0.05, 0) is 10.4 Å². The quantitative estimate of drug-likeness (QED) is 0.414. The lowest BCUT2D eigenvalue weighted by molar-refractivity contribution is -0.612. The zero-order valence-corrected chi connectivity index (χ0v) is 6.44. The molecule has 0 unspecified atom stereocenters. The van der Waals surface area contributed by atoms with Crippen molar-refractivity contribution in [1.82, 2.24) is 0 Å². The zero-order valence-electron chi connectivity index (χ0n) is 6.44. The third-order valence-electron chi connectivity index (χ3n) is 1.44. The molecule has 0 aliphatic carbocycles. The first-order chi connectivity index (χ1) is 6.65. The molecule has 12 heteroatoms. The first-order valence-corrected chi connectivity index (χ1v) is 3.08. The molecular formula is C3F5N5O2. The van der Waals surface area contributed by atoms with Crippen molar-refractivity contribution in [2.24, 2.45) is 20.7 Å². The van der Waals surface area contributed by atoms with Gasteiger partial charge in [-0.15, -0.1) is 0 Å². The summed E-state index contributed by atoms with van der Waals surface area (Å²) in [5.74, 6) is -10.0. The van der Waals surface area contributed by atoms with E-state index in [0.717, 1.165) is 0 Å². The summed E-state index contributed by atoms with van der Waals surface area (Å²) < 4.78 is 60.8. The van der Waals surface area contributed by atoms with E-state index in [1.54, 1.807) is 0 Å². The highest BCUT2D eigenvalue weighted by molar-refractivity contribution is 4.94. The molecule has 0 aromatic heterocycles. The lowest BCUT2D eigenvalue weighted by Crippen LogP contribution is -2.58. The van der Waals surface area contributed by atoms with Crippen LogP contribution < -0.4 is 0 Å². The minimum Gasteiger partial charge on any atom is -0.260 e. The fourth-order valence-electron chi connectivity index (χ4n) is 0.688. The van der Waals surface area contributed by atoms with Crippen LogP contribution in [0.5, 0.6) is 0 Å². The Bertz CT molecular complexity index is 335. The van der Waals surface area contributed by atoms with Crippen molar-refractivity contribution in [2.75, 3.05) is 0 Å². The average Bonchev–Trinajstić information content (AvgIpc) is 2.50. The summed E-state index contributed by atoms with van der Waals surface area (Å²) in [6, 6.07) is 0. The predicted octanol–water partition coefficient (Wildman–Crippen LogP) is 1.95. The van der Waals surface area contributed by atoms with E-state index in [9.17, 15) is 32.1 Å². The lowest BCUT2D eigenvalue weighted by atomic mass is 10.2. The second kappa shape index (κ2) is 2.87. The van der Waals surface area contributed by atoms with Gasteiger partial charge in [0.2, 0.25) is 0 Å². The molecule has 0 N–H and O–H groups in total. The van der Waals surface area contributed by atoms with E-state index >= 15 is 0 Å². The van der Waals surface area contributed by atoms with E-state index in [1.165, 1.54) is 0 Å². The zero-order chi connectivity index (χ0) is 11.9. The largest absolute Gasteiger partial charge is 0.521 e. The minimum atomic E-state index is -6.18. The smallest absolute Gasteiger partial charge is 0.260 e. The monoisotopic (exact) mass is 233 g/mol. The Hall–Kier alpha value is -1.75. The van der Waals surface area contributed by atoms with Gasteiger partial charge in [-0.3, -0.25) is 10.1 Å². The van der Waals surface area contributed by atoms with Crippen LogP contribution in [0.3, 0.4) is 0 Å². The molecule has 1 aliphatic heterocycles. The Labute approximate surface area is 76.8 Å². The summed E-state index contributed by atoms with van der Waals surface area (Å²) in [6.45, 7) is 0. The second-order valence-electron chi connectivity index (χ2n) is 2.34. The Morgan fingerprint density at radius 1 is 1.07 bits per heavy atom. The van der Waals surface area contributed by atoms with Gasteiger partial charge in [-0.1, -0.05) is 10.2 Å². The van der Waals surface area contributed by atoms with Crippen LogP contribution in [0.25, 0.3) is 0 Å². The van der Waals surface area contributed by atoms with Gasteiger partial charge in [0.15, 0.2) is 0 Å². The second-order valence-corrected chi connectivity index (χ2v) is 2.34. The van der Waals surface area contributed by atoms with E-state index in [0.29, 0.717) is 0 Å². The van der Waals surface area contributed by atoms with Crippen LogP contribution in [0, 0.1) is 10.1 Å². The van der Waals surface area contributed by atoms with Crippen LogP contribution in [-0.2, 0) is 0 Å². The number of halogens is 5. The van der Waals surface area contributed by atoms with Crippen LogP contribution in [0.15, 0.2) is 20.7 Å². The number of hydrogen-bond acceptors (Lipinski definition) is 6. The van der Waals surface area contributed by atoms with Crippen LogP contribution in [0.4, 0.5) is 22.0 Å². The third kappa shape index (κ3) is 1.32. The van der Waals surface area contributed by atoms with E-state index < -0.39 is 22.8 Å². The third-order valence-corrected chi connectivity index (χ3v) is 1.44. The fraction of sp³-hybridized carbons (Fsp3) is 1.00. The summed E-state index contributed by atoms with van der Waals surface area (Å²) in [4.78, 5) is 8.14. The number of nitrogens with zero attached hydrogens (tertiary/aromatic N) is 5. The Balaban J connectivity index is 3.30. The van der Waals surface area contributed by atoms with Crippen LogP contribution in [0.2, 0.25) is 0 Å².